The van der Waals surface area contributed by atoms with Gasteiger partial charge in [-0.25, -0.2) is 4.39 Å². The average molecular weight is 273 g/mol. The maximum absolute atomic E-state index is 14.0. The van der Waals surface area contributed by atoms with E-state index in [1.807, 2.05) is 12.1 Å². The van der Waals surface area contributed by atoms with Crippen LogP contribution in [0.15, 0.2) is 18.2 Å². The summed E-state index contributed by atoms with van der Waals surface area (Å²) in [5.74, 6) is 0.440. The van der Waals surface area contributed by atoms with Gasteiger partial charge < -0.3 is 4.74 Å². The number of hydrogen-bond acceptors (Lipinski definition) is 1. The number of alkyl halides is 1. The van der Waals surface area contributed by atoms with Crippen LogP contribution in [0.5, 0.6) is 5.75 Å². The molecule has 2 rings (SSSR count). The zero-order valence-corrected chi connectivity index (χ0v) is 10.3. The van der Waals surface area contributed by atoms with Gasteiger partial charge in [0.1, 0.15) is 0 Å². The summed E-state index contributed by atoms with van der Waals surface area (Å²) in [6.07, 6.45) is 3.35. The Morgan fingerprint density at radius 2 is 2.20 bits per heavy atom. The lowest BCUT2D eigenvalue weighted by molar-refractivity contribution is 0.382. The second-order valence-corrected chi connectivity index (χ2v) is 5.09. The minimum absolute atomic E-state index is 0.198. The fraction of sp³-hybridized carbons (Fsp3) is 0.500. The fourth-order valence-electron chi connectivity index (χ4n) is 2.24. The largest absolute Gasteiger partial charge is 0.494 e. The molecule has 2 atom stereocenters. The predicted octanol–water partition coefficient (Wildman–Crippen LogP) is 3.87. The minimum atomic E-state index is -0.198. The molecule has 3 heteroatoms. The summed E-state index contributed by atoms with van der Waals surface area (Å²) in [6.45, 7) is 0. The molecule has 1 aliphatic carbocycles. The van der Waals surface area contributed by atoms with Crippen molar-refractivity contribution in [2.75, 3.05) is 7.11 Å². The molecule has 0 N–H and O–H groups in total. The van der Waals surface area contributed by atoms with E-state index in [0.29, 0.717) is 16.5 Å². The highest BCUT2D eigenvalue weighted by atomic mass is 79.9. The summed E-state index contributed by atoms with van der Waals surface area (Å²) in [7, 11) is 1.50. The van der Waals surface area contributed by atoms with E-state index >= 15 is 0 Å². The van der Waals surface area contributed by atoms with Crippen LogP contribution in [0.2, 0.25) is 0 Å². The number of rotatable bonds is 2. The van der Waals surface area contributed by atoms with Gasteiger partial charge >= 0.3 is 0 Å². The van der Waals surface area contributed by atoms with Gasteiger partial charge in [-0.05, 0) is 30.4 Å². The van der Waals surface area contributed by atoms with Crippen LogP contribution in [0.3, 0.4) is 0 Å². The fourth-order valence-corrected chi connectivity index (χ4v) is 3.11. The lowest BCUT2D eigenvalue weighted by atomic mass is 9.97. The summed E-state index contributed by atoms with van der Waals surface area (Å²) in [5, 5.41) is 0. The molecule has 15 heavy (non-hydrogen) atoms. The molecular weight excluding hydrogens is 259 g/mol. The van der Waals surface area contributed by atoms with Crippen molar-refractivity contribution in [3.8, 4) is 5.75 Å². The Labute approximate surface area is 97.8 Å². The molecule has 0 saturated heterocycles. The first-order valence-corrected chi connectivity index (χ1v) is 6.12. The van der Waals surface area contributed by atoms with Crippen LogP contribution in [-0.2, 0) is 0 Å². The van der Waals surface area contributed by atoms with Gasteiger partial charge in [-0.1, -0.05) is 34.5 Å². The van der Waals surface area contributed by atoms with E-state index in [4.69, 9.17) is 4.74 Å². The molecule has 0 radical (unpaired) electrons. The predicted molar refractivity (Wildman–Crippen MR) is 62.3 cm³/mol. The average Bonchev–Trinajstić information content (AvgIpc) is 2.65. The zero-order valence-electron chi connectivity index (χ0n) is 8.67. The normalized spacial score (nSPS) is 25.5. The van der Waals surface area contributed by atoms with Crippen LogP contribution in [0.25, 0.3) is 0 Å². The first-order valence-electron chi connectivity index (χ1n) is 5.20. The molecule has 1 aromatic carbocycles. The molecule has 0 aromatic heterocycles. The Morgan fingerprint density at radius 1 is 1.40 bits per heavy atom. The number of hydrogen-bond donors (Lipinski definition) is 0. The molecule has 0 bridgehead atoms. The number of benzene rings is 1. The van der Waals surface area contributed by atoms with Crippen molar-refractivity contribution in [3.05, 3.63) is 29.6 Å². The molecule has 1 nitrogen and oxygen atoms in total. The summed E-state index contributed by atoms with van der Waals surface area (Å²) in [4.78, 5) is 0.402. The zero-order chi connectivity index (χ0) is 10.8. The molecule has 82 valence electrons. The Bertz CT molecular complexity index is 353. The highest BCUT2D eigenvalue weighted by molar-refractivity contribution is 9.09. The standard InChI is InChI=1S/C12H14BrFO/c1-15-11-7-3-5-9(12(11)14)8-4-2-6-10(8)13/h3,5,7-8,10H,2,4,6H2,1H3. The maximum Gasteiger partial charge on any atom is 0.168 e. The van der Waals surface area contributed by atoms with Gasteiger partial charge in [0.05, 0.1) is 7.11 Å². The molecular formula is C12H14BrFO. The van der Waals surface area contributed by atoms with Crippen LogP contribution in [0.1, 0.15) is 30.7 Å². The van der Waals surface area contributed by atoms with Gasteiger partial charge in [0.2, 0.25) is 0 Å². The summed E-state index contributed by atoms with van der Waals surface area (Å²) in [6, 6.07) is 5.38. The second-order valence-electron chi connectivity index (χ2n) is 3.92. The van der Waals surface area contributed by atoms with Crippen LogP contribution >= 0.6 is 15.9 Å². The lowest BCUT2D eigenvalue weighted by Gasteiger charge is -2.16. The van der Waals surface area contributed by atoms with Crippen molar-refractivity contribution >= 4 is 15.9 Å². The summed E-state index contributed by atoms with van der Waals surface area (Å²) in [5.41, 5.74) is 0.786. The molecule has 0 amide bonds. The molecule has 1 aliphatic rings. The van der Waals surface area contributed by atoms with Crippen LogP contribution in [-0.4, -0.2) is 11.9 Å². The Morgan fingerprint density at radius 3 is 2.80 bits per heavy atom. The second kappa shape index (κ2) is 4.52. The van der Waals surface area contributed by atoms with Crippen LogP contribution in [0.4, 0.5) is 4.39 Å². The SMILES string of the molecule is COc1cccc(C2CCCC2Br)c1F. The quantitative estimate of drug-likeness (QED) is 0.743. The maximum atomic E-state index is 14.0. The van der Waals surface area contributed by atoms with E-state index in [-0.39, 0.29) is 5.82 Å². The van der Waals surface area contributed by atoms with Gasteiger partial charge in [0, 0.05) is 4.83 Å². The third kappa shape index (κ3) is 2.03. The number of methoxy groups -OCH3 is 1. The van der Waals surface area contributed by atoms with Gasteiger partial charge in [-0.3, -0.25) is 0 Å². The van der Waals surface area contributed by atoms with E-state index in [1.165, 1.54) is 7.11 Å². The summed E-state index contributed by atoms with van der Waals surface area (Å²) < 4.78 is 18.9. The lowest BCUT2D eigenvalue weighted by Crippen LogP contribution is -2.07. The van der Waals surface area contributed by atoms with Crippen molar-refractivity contribution in [2.24, 2.45) is 0 Å². The van der Waals surface area contributed by atoms with E-state index in [9.17, 15) is 4.39 Å². The van der Waals surface area contributed by atoms with E-state index < -0.39 is 0 Å². The topological polar surface area (TPSA) is 9.23 Å². The molecule has 1 aromatic rings. The van der Waals surface area contributed by atoms with E-state index in [2.05, 4.69) is 15.9 Å². The highest BCUT2D eigenvalue weighted by Gasteiger charge is 2.29. The van der Waals surface area contributed by atoms with Gasteiger partial charge in [0.25, 0.3) is 0 Å². The van der Waals surface area contributed by atoms with E-state index in [0.717, 1.165) is 24.8 Å². The van der Waals surface area contributed by atoms with Crippen molar-refractivity contribution in [3.63, 3.8) is 0 Å². The van der Waals surface area contributed by atoms with Crippen molar-refractivity contribution in [1.29, 1.82) is 0 Å². The Kier molecular flexibility index (Phi) is 3.29. The molecule has 1 fully saturated rings. The van der Waals surface area contributed by atoms with Crippen molar-refractivity contribution < 1.29 is 9.13 Å². The number of ether oxygens (including phenoxy) is 1. The van der Waals surface area contributed by atoms with Crippen LogP contribution in [0, 0.1) is 5.82 Å². The third-order valence-electron chi connectivity index (χ3n) is 3.04. The molecule has 0 spiro atoms. The van der Waals surface area contributed by atoms with Crippen molar-refractivity contribution in [2.45, 2.75) is 30.0 Å². The molecule has 1 saturated carbocycles. The number of halogens is 2. The van der Waals surface area contributed by atoms with Gasteiger partial charge in [0.15, 0.2) is 11.6 Å². The monoisotopic (exact) mass is 272 g/mol. The molecule has 0 heterocycles. The highest BCUT2D eigenvalue weighted by Crippen LogP contribution is 2.41. The third-order valence-corrected chi connectivity index (χ3v) is 4.14. The minimum Gasteiger partial charge on any atom is -0.494 e. The molecule has 0 aliphatic heterocycles. The first-order chi connectivity index (χ1) is 7.24. The Hall–Kier alpha value is -0.570. The first kappa shape index (κ1) is 10.9. The van der Waals surface area contributed by atoms with Gasteiger partial charge in [-0.15, -0.1) is 0 Å². The van der Waals surface area contributed by atoms with Gasteiger partial charge in [-0.2, -0.15) is 0 Å². The molecule has 2 unspecified atom stereocenters. The van der Waals surface area contributed by atoms with Crippen LogP contribution < -0.4 is 4.74 Å². The summed E-state index contributed by atoms with van der Waals surface area (Å²) >= 11 is 3.61. The van der Waals surface area contributed by atoms with E-state index in [1.54, 1.807) is 6.07 Å². The smallest absolute Gasteiger partial charge is 0.168 e. The van der Waals surface area contributed by atoms with Crippen molar-refractivity contribution in [1.82, 2.24) is 0 Å². The Balaban J connectivity index is 2.35.